The van der Waals surface area contributed by atoms with Crippen LogP contribution in [0, 0.1) is 6.92 Å². The van der Waals surface area contributed by atoms with Crippen molar-refractivity contribution in [1.82, 2.24) is 0 Å². The van der Waals surface area contributed by atoms with Crippen LogP contribution in [0.3, 0.4) is 0 Å². The summed E-state index contributed by atoms with van der Waals surface area (Å²) in [5.41, 5.74) is 0.958. The van der Waals surface area contributed by atoms with Crippen LogP contribution >= 0.6 is 23.2 Å². The summed E-state index contributed by atoms with van der Waals surface area (Å²) in [6.45, 7) is 5.11. The number of halogens is 2. The van der Waals surface area contributed by atoms with Crippen LogP contribution in [0.2, 0.25) is 10.0 Å². The molecule has 0 fully saturated rings. The van der Waals surface area contributed by atoms with Crippen LogP contribution in [0.5, 0.6) is 5.75 Å². The molecule has 0 aromatic heterocycles. The summed E-state index contributed by atoms with van der Waals surface area (Å²) in [7, 11) is 1.70. The fraction of sp³-hybridized carbons (Fsp3) is 0.500. The maximum absolute atomic E-state index is 6.06. The number of rotatable bonds is 7. The minimum absolute atomic E-state index is 0.562. The van der Waals surface area contributed by atoms with Crippen molar-refractivity contribution in [2.45, 2.75) is 6.92 Å². The number of benzene rings is 1. The molecule has 1 rings (SSSR count). The molecule has 0 spiro atoms. The van der Waals surface area contributed by atoms with E-state index in [0.29, 0.717) is 16.7 Å². The molecule has 0 aliphatic heterocycles. The molecule has 0 aliphatic rings. The maximum Gasteiger partial charge on any atom is 0.141 e. The molecule has 3 nitrogen and oxygen atoms in total. The van der Waals surface area contributed by atoms with Gasteiger partial charge in [0.2, 0.25) is 0 Å². The predicted octanol–water partition coefficient (Wildman–Crippen LogP) is 1.89. The second kappa shape index (κ2) is 7.77. The van der Waals surface area contributed by atoms with Gasteiger partial charge in [-0.05, 0) is 24.6 Å². The lowest BCUT2D eigenvalue weighted by molar-refractivity contribution is -0.656. The van der Waals surface area contributed by atoms with Gasteiger partial charge in [-0.1, -0.05) is 23.2 Å². The van der Waals surface area contributed by atoms with E-state index < -0.39 is 0 Å². The lowest BCUT2D eigenvalue weighted by Crippen LogP contribution is -2.86. The molecule has 17 heavy (non-hydrogen) atoms. The topological polar surface area (TPSA) is 35.1 Å². The number of quaternary nitrogens is 1. The van der Waals surface area contributed by atoms with Crippen molar-refractivity contribution >= 4 is 23.2 Å². The summed E-state index contributed by atoms with van der Waals surface area (Å²) in [6.07, 6.45) is 0. The first kappa shape index (κ1) is 14.6. The van der Waals surface area contributed by atoms with Gasteiger partial charge in [0.15, 0.2) is 0 Å². The van der Waals surface area contributed by atoms with E-state index in [1.54, 1.807) is 13.2 Å². The Balaban J connectivity index is 2.36. The van der Waals surface area contributed by atoms with E-state index in [1.165, 1.54) is 0 Å². The first-order chi connectivity index (χ1) is 8.15. The molecular formula is C12H18Cl2NO2+. The van der Waals surface area contributed by atoms with Crippen LogP contribution < -0.4 is 10.1 Å². The third-order valence-corrected chi connectivity index (χ3v) is 2.79. The highest BCUT2D eigenvalue weighted by atomic mass is 35.5. The van der Waals surface area contributed by atoms with Crippen LogP contribution in [-0.4, -0.2) is 33.4 Å². The molecule has 0 aliphatic carbocycles. The Morgan fingerprint density at radius 1 is 1.18 bits per heavy atom. The van der Waals surface area contributed by atoms with Gasteiger partial charge in [0.25, 0.3) is 0 Å². The van der Waals surface area contributed by atoms with Gasteiger partial charge in [-0.2, -0.15) is 0 Å². The molecular weight excluding hydrogens is 261 g/mol. The predicted molar refractivity (Wildman–Crippen MR) is 70.2 cm³/mol. The van der Waals surface area contributed by atoms with Crippen molar-refractivity contribution in [2.24, 2.45) is 0 Å². The maximum atomic E-state index is 6.06. The molecule has 0 bridgehead atoms. The Hall–Kier alpha value is -0.480. The van der Waals surface area contributed by atoms with Gasteiger partial charge in [-0.15, -0.1) is 0 Å². The van der Waals surface area contributed by atoms with Crippen LogP contribution in [0.15, 0.2) is 12.1 Å². The zero-order chi connectivity index (χ0) is 12.7. The molecule has 0 atom stereocenters. The van der Waals surface area contributed by atoms with Gasteiger partial charge in [0.05, 0.1) is 18.2 Å². The number of methoxy groups -OCH3 is 1. The second-order valence-corrected chi connectivity index (χ2v) is 4.58. The number of ether oxygens (including phenoxy) is 2. The van der Waals surface area contributed by atoms with Gasteiger partial charge in [-0.3, -0.25) is 0 Å². The molecule has 0 unspecified atom stereocenters. The normalized spacial score (nSPS) is 10.6. The third-order valence-electron chi connectivity index (χ3n) is 2.29. The van der Waals surface area contributed by atoms with Gasteiger partial charge in [0, 0.05) is 12.1 Å². The molecule has 0 saturated heterocycles. The summed E-state index contributed by atoms with van der Waals surface area (Å²) in [5.74, 6) is 0.719. The van der Waals surface area contributed by atoms with Gasteiger partial charge in [0.1, 0.15) is 18.9 Å². The first-order valence-corrected chi connectivity index (χ1v) is 6.29. The Kier molecular flexibility index (Phi) is 6.66. The van der Waals surface area contributed by atoms with E-state index in [-0.39, 0.29) is 0 Å². The Bertz CT molecular complexity index is 335. The summed E-state index contributed by atoms with van der Waals surface area (Å²) in [6, 6.07) is 3.54. The van der Waals surface area contributed by atoms with Crippen molar-refractivity contribution < 1.29 is 14.8 Å². The molecule has 5 heteroatoms. The zero-order valence-corrected chi connectivity index (χ0v) is 11.6. The van der Waals surface area contributed by atoms with Crippen LogP contribution in [0.4, 0.5) is 0 Å². The van der Waals surface area contributed by atoms with Gasteiger partial charge in [-0.25, -0.2) is 0 Å². The summed E-state index contributed by atoms with van der Waals surface area (Å²) < 4.78 is 10.6. The van der Waals surface area contributed by atoms with Crippen molar-refractivity contribution in [3.63, 3.8) is 0 Å². The molecule has 1 aromatic carbocycles. The lowest BCUT2D eigenvalue weighted by atomic mass is 10.2. The minimum atomic E-state index is 0.562. The molecule has 0 heterocycles. The Morgan fingerprint density at radius 2 is 1.88 bits per heavy atom. The molecule has 0 amide bonds. The van der Waals surface area contributed by atoms with Crippen LogP contribution in [0.1, 0.15) is 5.56 Å². The van der Waals surface area contributed by atoms with Gasteiger partial charge >= 0.3 is 0 Å². The number of nitrogens with two attached hydrogens (primary N) is 1. The quantitative estimate of drug-likeness (QED) is 0.774. The molecule has 1 aromatic rings. The standard InChI is InChI=1S/C12H17Cl2NO2/c1-9-7-10(13)8-11(14)12(9)17-6-4-15-3-5-16-2/h7-8,15H,3-6H2,1-2H3/p+1. The molecule has 2 N–H and O–H groups in total. The average Bonchev–Trinajstić information content (AvgIpc) is 2.26. The van der Waals surface area contributed by atoms with Crippen molar-refractivity contribution in [3.8, 4) is 5.75 Å². The van der Waals surface area contributed by atoms with E-state index in [1.807, 2.05) is 13.0 Å². The monoisotopic (exact) mass is 278 g/mol. The zero-order valence-electron chi connectivity index (χ0n) is 10.1. The molecule has 0 saturated carbocycles. The fourth-order valence-electron chi connectivity index (χ4n) is 1.46. The highest BCUT2D eigenvalue weighted by Crippen LogP contribution is 2.31. The van der Waals surface area contributed by atoms with E-state index in [0.717, 1.165) is 31.0 Å². The minimum Gasteiger partial charge on any atom is -0.486 e. The molecule has 0 radical (unpaired) electrons. The van der Waals surface area contributed by atoms with E-state index in [2.05, 4.69) is 5.32 Å². The summed E-state index contributed by atoms with van der Waals surface area (Å²) in [5, 5.41) is 3.33. The highest BCUT2D eigenvalue weighted by Gasteiger charge is 2.07. The van der Waals surface area contributed by atoms with Crippen molar-refractivity contribution in [2.75, 3.05) is 33.4 Å². The van der Waals surface area contributed by atoms with Crippen molar-refractivity contribution in [1.29, 1.82) is 0 Å². The summed E-state index contributed by atoms with van der Waals surface area (Å²) >= 11 is 11.9. The lowest BCUT2D eigenvalue weighted by Gasteiger charge is -2.10. The van der Waals surface area contributed by atoms with Gasteiger partial charge < -0.3 is 14.8 Å². The average molecular weight is 279 g/mol. The largest absolute Gasteiger partial charge is 0.486 e. The summed E-state index contributed by atoms with van der Waals surface area (Å²) in [4.78, 5) is 0. The van der Waals surface area contributed by atoms with Crippen LogP contribution in [-0.2, 0) is 4.74 Å². The highest BCUT2D eigenvalue weighted by molar-refractivity contribution is 6.35. The SMILES string of the molecule is COCC[NH2+]CCOc1c(C)cc(Cl)cc1Cl. The van der Waals surface area contributed by atoms with Crippen LogP contribution in [0.25, 0.3) is 0 Å². The fourth-order valence-corrected chi connectivity index (χ4v) is 2.11. The first-order valence-electron chi connectivity index (χ1n) is 5.54. The molecule has 96 valence electrons. The Labute approximate surface area is 112 Å². The number of hydrogen-bond acceptors (Lipinski definition) is 2. The Morgan fingerprint density at radius 3 is 2.53 bits per heavy atom. The van der Waals surface area contributed by atoms with E-state index in [4.69, 9.17) is 32.7 Å². The number of hydrogen-bond donors (Lipinski definition) is 1. The third kappa shape index (κ3) is 5.13. The van der Waals surface area contributed by atoms with Crippen molar-refractivity contribution in [3.05, 3.63) is 27.7 Å². The second-order valence-electron chi connectivity index (χ2n) is 3.74. The van der Waals surface area contributed by atoms with E-state index in [9.17, 15) is 0 Å². The number of aryl methyl sites for hydroxylation is 1. The smallest absolute Gasteiger partial charge is 0.141 e. The van der Waals surface area contributed by atoms with E-state index >= 15 is 0 Å².